The van der Waals surface area contributed by atoms with Crippen LogP contribution in [-0.2, 0) is 5.60 Å². The summed E-state index contributed by atoms with van der Waals surface area (Å²) in [6.07, 6.45) is 5.02. The Hall–Kier alpha value is -0.990. The molecule has 0 saturated carbocycles. The van der Waals surface area contributed by atoms with Crippen LogP contribution in [0.4, 0.5) is 0 Å². The van der Waals surface area contributed by atoms with Crippen molar-refractivity contribution >= 4 is 13.5 Å². The Morgan fingerprint density at radius 3 is 2.50 bits per heavy atom. The Bertz CT molecular complexity index is 301. The number of rotatable bonds is 1. The van der Waals surface area contributed by atoms with Gasteiger partial charge < -0.3 is 9.52 Å². The van der Waals surface area contributed by atoms with Gasteiger partial charge in [0, 0.05) is 6.92 Å². The van der Waals surface area contributed by atoms with E-state index in [1.54, 1.807) is 6.92 Å². The van der Waals surface area contributed by atoms with E-state index in [2.05, 4.69) is 16.1 Å². The summed E-state index contributed by atoms with van der Waals surface area (Å²) < 4.78 is 4.92. The zero-order chi connectivity index (χ0) is 8.48. The molecular formula is C7H10N2O2S. The first kappa shape index (κ1) is 11.0. The zero-order valence-electron chi connectivity index (χ0n) is 6.83. The van der Waals surface area contributed by atoms with Gasteiger partial charge in [0.05, 0.1) is 0 Å². The van der Waals surface area contributed by atoms with Crippen molar-refractivity contribution in [1.29, 1.82) is 0 Å². The molecule has 0 amide bonds. The van der Waals surface area contributed by atoms with Crippen molar-refractivity contribution in [3.63, 3.8) is 0 Å². The smallest absolute Gasteiger partial charge is 0.260 e. The predicted molar refractivity (Wildman–Crippen MR) is 47.8 cm³/mol. The fourth-order valence-corrected chi connectivity index (χ4v) is 0.555. The van der Waals surface area contributed by atoms with Gasteiger partial charge in [-0.1, -0.05) is 5.92 Å². The van der Waals surface area contributed by atoms with Crippen molar-refractivity contribution in [3.05, 3.63) is 11.8 Å². The van der Waals surface area contributed by atoms with Crippen LogP contribution in [0.25, 0.3) is 0 Å². The van der Waals surface area contributed by atoms with Crippen LogP contribution in [-0.4, -0.2) is 15.3 Å². The Morgan fingerprint density at radius 2 is 2.17 bits per heavy atom. The minimum absolute atomic E-state index is 0. The average molecular weight is 186 g/mol. The van der Waals surface area contributed by atoms with Crippen LogP contribution in [0.1, 0.15) is 18.7 Å². The molecule has 0 aliphatic rings. The molecule has 1 N–H and O–H groups in total. The molecule has 1 aromatic rings. The quantitative estimate of drug-likeness (QED) is 0.642. The first-order chi connectivity index (χ1) is 5.06. The van der Waals surface area contributed by atoms with Crippen molar-refractivity contribution < 1.29 is 9.52 Å². The van der Waals surface area contributed by atoms with Crippen LogP contribution in [0.5, 0.6) is 0 Å². The third-order valence-corrected chi connectivity index (χ3v) is 1.22. The number of aliphatic hydroxyl groups is 1. The molecule has 12 heavy (non-hydrogen) atoms. The molecular weight excluding hydrogens is 176 g/mol. The number of nitrogens with zero attached hydrogens (tertiary/aromatic N) is 2. The molecule has 0 aliphatic heterocycles. The maximum atomic E-state index is 9.38. The lowest BCUT2D eigenvalue weighted by Gasteiger charge is -2.08. The topological polar surface area (TPSA) is 59.2 Å². The summed E-state index contributed by atoms with van der Waals surface area (Å²) in [7, 11) is 0. The summed E-state index contributed by atoms with van der Waals surface area (Å²) in [5, 5.41) is 16.5. The van der Waals surface area contributed by atoms with Crippen molar-refractivity contribution in [2.45, 2.75) is 19.4 Å². The van der Waals surface area contributed by atoms with Gasteiger partial charge in [-0.15, -0.1) is 16.6 Å². The molecule has 0 spiro atoms. The third kappa shape index (κ3) is 2.00. The van der Waals surface area contributed by atoms with E-state index in [0.29, 0.717) is 5.89 Å². The molecule has 1 atom stereocenters. The first-order valence-electron chi connectivity index (χ1n) is 3.07. The fraction of sp³-hybridized carbons (Fsp3) is 0.429. The highest BCUT2D eigenvalue weighted by Crippen LogP contribution is 2.16. The lowest BCUT2D eigenvalue weighted by Crippen LogP contribution is -2.18. The lowest BCUT2D eigenvalue weighted by atomic mass is 10.1. The van der Waals surface area contributed by atoms with E-state index in [0.717, 1.165) is 0 Å². The van der Waals surface area contributed by atoms with Gasteiger partial charge in [0.15, 0.2) is 0 Å². The monoisotopic (exact) mass is 186 g/mol. The first-order valence-corrected chi connectivity index (χ1v) is 3.07. The summed E-state index contributed by atoms with van der Waals surface area (Å²) >= 11 is 0. The molecule has 5 heteroatoms. The highest BCUT2D eigenvalue weighted by atomic mass is 32.1. The standard InChI is InChI=1S/C7H8N2O2.H2S/c1-4-7(3,10)6-9-8-5(2)11-6;/h1,10H,2-3H3;1H2/t7-;/m0./s1. The Kier molecular flexibility index (Phi) is 3.31. The maximum absolute atomic E-state index is 9.38. The summed E-state index contributed by atoms with van der Waals surface area (Å²) in [5.74, 6) is 2.57. The van der Waals surface area contributed by atoms with Gasteiger partial charge in [-0.05, 0) is 6.92 Å². The van der Waals surface area contributed by atoms with E-state index in [1.165, 1.54) is 6.92 Å². The molecule has 0 unspecified atom stereocenters. The van der Waals surface area contributed by atoms with Crippen LogP contribution in [0, 0.1) is 19.3 Å². The predicted octanol–water partition coefficient (Wildman–Crippen LogP) is 0.332. The van der Waals surface area contributed by atoms with E-state index in [4.69, 9.17) is 10.8 Å². The van der Waals surface area contributed by atoms with E-state index in [-0.39, 0.29) is 19.4 Å². The van der Waals surface area contributed by atoms with Gasteiger partial charge in [0.2, 0.25) is 11.5 Å². The molecule has 0 fully saturated rings. The minimum Gasteiger partial charge on any atom is -0.421 e. The van der Waals surface area contributed by atoms with Gasteiger partial charge in [-0.2, -0.15) is 13.5 Å². The van der Waals surface area contributed by atoms with Gasteiger partial charge in [-0.25, -0.2) is 0 Å². The van der Waals surface area contributed by atoms with Gasteiger partial charge >= 0.3 is 0 Å². The summed E-state index contributed by atoms with van der Waals surface area (Å²) in [5.41, 5.74) is -1.46. The van der Waals surface area contributed by atoms with Crippen LogP contribution >= 0.6 is 13.5 Å². The number of aryl methyl sites for hydroxylation is 1. The number of hydrogen-bond acceptors (Lipinski definition) is 4. The van der Waals surface area contributed by atoms with Crippen molar-refractivity contribution in [1.82, 2.24) is 10.2 Å². The van der Waals surface area contributed by atoms with Crippen LogP contribution in [0.2, 0.25) is 0 Å². The van der Waals surface area contributed by atoms with E-state index in [9.17, 15) is 5.11 Å². The second-order valence-electron chi connectivity index (χ2n) is 2.34. The Labute approximate surface area is 77.4 Å². The molecule has 0 saturated heterocycles. The molecule has 0 aromatic carbocycles. The maximum Gasteiger partial charge on any atom is 0.260 e. The second kappa shape index (κ2) is 3.61. The highest BCUT2D eigenvalue weighted by Gasteiger charge is 2.26. The summed E-state index contributed by atoms with van der Waals surface area (Å²) in [6, 6.07) is 0. The second-order valence-corrected chi connectivity index (χ2v) is 2.34. The third-order valence-electron chi connectivity index (χ3n) is 1.22. The molecule has 1 heterocycles. The molecule has 0 bridgehead atoms. The van der Waals surface area contributed by atoms with Crippen LogP contribution < -0.4 is 0 Å². The van der Waals surface area contributed by atoms with Crippen molar-refractivity contribution in [2.24, 2.45) is 0 Å². The fourth-order valence-electron chi connectivity index (χ4n) is 0.555. The average Bonchev–Trinajstić information content (AvgIpc) is 2.36. The number of hydrogen-bond donors (Lipinski definition) is 1. The summed E-state index contributed by atoms with van der Waals surface area (Å²) in [6.45, 7) is 3.04. The number of aromatic nitrogens is 2. The molecule has 0 aliphatic carbocycles. The largest absolute Gasteiger partial charge is 0.421 e. The van der Waals surface area contributed by atoms with E-state index in [1.807, 2.05) is 0 Å². The molecule has 1 rings (SSSR count). The molecule has 66 valence electrons. The molecule has 0 radical (unpaired) electrons. The number of terminal acetylenes is 1. The van der Waals surface area contributed by atoms with Crippen molar-refractivity contribution in [3.8, 4) is 12.3 Å². The molecule has 1 aromatic heterocycles. The normalized spacial score (nSPS) is 14.2. The van der Waals surface area contributed by atoms with E-state index < -0.39 is 5.60 Å². The molecule has 4 nitrogen and oxygen atoms in total. The van der Waals surface area contributed by atoms with Crippen LogP contribution in [0.15, 0.2) is 4.42 Å². The Balaban J connectivity index is 0.00000121. The Morgan fingerprint density at radius 1 is 1.58 bits per heavy atom. The summed E-state index contributed by atoms with van der Waals surface area (Å²) in [4.78, 5) is 0. The van der Waals surface area contributed by atoms with Crippen LogP contribution in [0.3, 0.4) is 0 Å². The van der Waals surface area contributed by atoms with Gasteiger partial charge in [-0.3, -0.25) is 0 Å². The van der Waals surface area contributed by atoms with Crippen molar-refractivity contribution in [2.75, 3.05) is 0 Å². The SMILES string of the molecule is C#C[C@](C)(O)c1nnc(C)o1.S. The van der Waals surface area contributed by atoms with E-state index >= 15 is 0 Å². The lowest BCUT2D eigenvalue weighted by molar-refractivity contribution is 0.0883. The zero-order valence-corrected chi connectivity index (χ0v) is 7.83. The van der Waals surface area contributed by atoms with Gasteiger partial charge in [0.1, 0.15) is 0 Å². The highest BCUT2D eigenvalue weighted by molar-refractivity contribution is 7.59. The van der Waals surface area contributed by atoms with Gasteiger partial charge in [0.25, 0.3) is 5.89 Å². The minimum atomic E-state index is -1.46.